The molecule has 2 atom stereocenters. The molecule has 0 radical (unpaired) electrons. The van der Waals surface area contributed by atoms with Gasteiger partial charge in [0.25, 0.3) is 0 Å². The lowest BCUT2D eigenvalue weighted by Crippen LogP contribution is -2.49. The van der Waals surface area contributed by atoms with Gasteiger partial charge in [-0.15, -0.1) is 0 Å². The molecule has 6 heteroatoms. The van der Waals surface area contributed by atoms with Crippen LogP contribution in [0, 0.1) is 17.7 Å². The van der Waals surface area contributed by atoms with Crippen LogP contribution in [0.3, 0.4) is 0 Å². The van der Waals surface area contributed by atoms with E-state index < -0.39 is 11.9 Å². The highest BCUT2D eigenvalue weighted by molar-refractivity contribution is 5.76. The Morgan fingerprint density at radius 3 is 2.71 bits per heavy atom. The van der Waals surface area contributed by atoms with E-state index in [1.807, 2.05) is 13.0 Å². The Hall–Kier alpha value is -2.11. The van der Waals surface area contributed by atoms with Crippen molar-refractivity contribution in [2.45, 2.75) is 38.6 Å². The van der Waals surface area contributed by atoms with Gasteiger partial charge in [0.15, 0.2) is 0 Å². The summed E-state index contributed by atoms with van der Waals surface area (Å²) in [6.07, 6.45) is 2.82. The number of nitrogens with zero attached hydrogens (tertiary/aromatic N) is 1. The van der Waals surface area contributed by atoms with E-state index >= 15 is 0 Å². The first-order chi connectivity index (χ1) is 11.4. The Kier molecular flexibility index (Phi) is 4.73. The highest BCUT2D eigenvalue weighted by atomic mass is 19.1. The summed E-state index contributed by atoms with van der Waals surface area (Å²) in [5.74, 6) is -1.07. The number of hydrogen-bond acceptors (Lipinski definition) is 2. The molecule has 0 aromatic heterocycles. The lowest BCUT2D eigenvalue weighted by Gasteiger charge is -2.34. The number of rotatable bonds is 4. The monoisotopic (exact) mass is 334 g/mol. The van der Waals surface area contributed by atoms with E-state index in [1.54, 1.807) is 12.1 Å². The van der Waals surface area contributed by atoms with Crippen LogP contribution in [0.5, 0.6) is 0 Å². The maximum atomic E-state index is 14.1. The van der Waals surface area contributed by atoms with Crippen molar-refractivity contribution >= 4 is 12.0 Å². The first-order valence-corrected chi connectivity index (χ1v) is 8.48. The average molecular weight is 334 g/mol. The third-order valence-electron chi connectivity index (χ3n) is 4.85. The average Bonchev–Trinajstić information content (AvgIpc) is 3.37. The number of likely N-dealkylation sites (tertiary alicyclic amines) is 1. The molecule has 1 aromatic carbocycles. The lowest BCUT2D eigenvalue weighted by molar-refractivity contribution is -0.143. The van der Waals surface area contributed by atoms with Crippen molar-refractivity contribution in [1.82, 2.24) is 10.2 Å². The van der Waals surface area contributed by atoms with E-state index in [4.69, 9.17) is 5.11 Å². The summed E-state index contributed by atoms with van der Waals surface area (Å²) < 4.78 is 14.1. The SMILES string of the molecule is CC1CC(C(=O)O)CN(C(=O)NCc2ccc(C3CC3)cc2F)C1. The van der Waals surface area contributed by atoms with Crippen molar-refractivity contribution in [3.8, 4) is 0 Å². The number of aliphatic carboxylic acids is 1. The Morgan fingerprint density at radius 1 is 1.33 bits per heavy atom. The Morgan fingerprint density at radius 2 is 2.08 bits per heavy atom. The number of nitrogens with one attached hydrogen (secondary N) is 1. The van der Waals surface area contributed by atoms with Gasteiger partial charge in [0, 0.05) is 25.2 Å². The van der Waals surface area contributed by atoms with Gasteiger partial charge in [-0.1, -0.05) is 19.1 Å². The molecule has 1 heterocycles. The molecule has 24 heavy (non-hydrogen) atoms. The topological polar surface area (TPSA) is 69.6 Å². The molecule has 5 nitrogen and oxygen atoms in total. The van der Waals surface area contributed by atoms with E-state index in [2.05, 4.69) is 5.32 Å². The van der Waals surface area contributed by atoms with Gasteiger partial charge in [0.2, 0.25) is 0 Å². The molecule has 1 aromatic rings. The summed E-state index contributed by atoms with van der Waals surface area (Å²) >= 11 is 0. The van der Waals surface area contributed by atoms with Gasteiger partial charge in [-0.05, 0) is 42.7 Å². The van der Waals surface area contributed by atoms with Gasteiger partial charge in [0.1, 0.15) is 5.82 Å². The molecule has 2 unspecified atom stereocenters. The van der Waals surface area contributed by atoms with Crippen LogP contribution in [-0.4, -0.2) is 35.1 Å². The zero-order valence-corrected chi connectivity index (χ0v) is 13.8. The number of halogens is 1. The number of urea groups is 1. The maximum Gasteiger partial charge on any atom is 0.317 e. The third-order valence-corrected chi connectivity index (χ3v) is 4.85. The largest absolute Gasteiger partial charge is 0.481 e. The normalized spacial score (nSPS) is 23.8. The fraction of sp³-hybridized carbons (Fsp3) is 0.556. The highest BCUT2D eigenvalue weighted by Crippen LogP contribution is 2.40. The summed E-state index contributed by atoms with van der Waals surface area (Å²) in [4.78, 5) is 25.0. The van der Waals surface area contributed by atoms with Gasteiger partial charge in [-0.25, -0.2) is 9.18 Å². The molecule has 1 saturated carbocycles. The zero-order chi connectivity index (χ0) is 17.3. The van der Waals surface area contributed by atoms with Crippen LogP contribution in [0.4, 0.5) is 9.18 Å². The number of carboxylic acids is 1. The Bertz CT molecular complexity index is 645. The number of piperidine rings is 1. The standard InChI is InChI=1S/C18H23FN2O3/c1-11-6-15(17(22)23)10-21(9-11)18(24)20-8-14-5-4-13(7-16(14)19)12-2-3-12/h4-5,7,11-12,15H,2-3,6,8-10H2,1H3,(H,20,24)(H,22,23). The minimum atomic E-state index is -0.874. The van der Waals surface area contributed by atoms with E-state index in [0.717, 1.165) is 18.4 Å². The van der Waals surface area contributed by atoms with Crippen molar-refractivity contribution < 1.29 is 19.1 Å². The number of hydrogen-bond donors (Lipinski definition) is 2. The van der Waals surface area contributed by atoms with Gasteiger partial charge in [-0.3, -0.25) is 4.79 Å². The van der Waals surface area contributed by atoms with Gasteiger partial charge >= 0.3 is 12.0 Å². The van der Waals surface area contributed by atoms with Crippen molar-refractivity contribution in [2.24, 2.45) is 11.8 Å². The second-order valence-electron chi connectivity index (χ2n) is 7.06. The number of carbonyl (C=O) groups excluding carboxylic acids is 1. The number of benzene rings is 1. The van der Waals surface area contributed by atoms with Gasteiger partial charge < -0.3 is 15.3 Å². The third kappa shape index (κ3) is 3.86. The molecule has 3 rings (SSSR count). The van der Waals surface area contributed by atoms with E-state index in [0.29, 0.717) is 24.4 Å². The summed E-state index contributed by atoms with van der Waals surface area (Å²) in [5.41, 5.74) is 1.48. The van der Waals surface area contributed by atoms with E-state index in [1.165, 1.54) is 4.90 Å². The molecule has 1 aliphatic carbocycles. The number of carbonyl (C=O) groups is 2. The second-order valence-corrected chi connectivity index (χ2v) is 7.06. The first-order valence-electron chi connectivity index (χ1n) is 8.48. The predicted octanol–water partition coefficient (Wildman–Crippen LogP) is 2.96. The molecular formula is C18H23FN2O3. The van der Waals surface area contributed by atoms with Crippen LogP contribution in [0.25, 0.3) is 0 Å². The molecule has 0 bridgehead atoms. The minimum absolute atomic E-state index is 0.109. The Balaban J connectivity index is 1.57. The van der Waals surface area contributed by atoms with Crippen molar-refractivity contribution in [3.63, 3.8) is 0 Å². The number of amides is 2. The predicted molar refractivity (Wildman–Crippen MR) is 87.1 cm³/mol. The van der Waals surface area contributed by atoms with Crippen LogP contribution in [0.2, 0.25) is 0 Å². The van der Waals surface area contributed by atoms with Crippen LogP contribution >= 0.6 is 0 Å². The minimum Gasteiger partial charge on any atom is -0.481 e. The van der Waals surface area contributed by atoms with E-state index in [9.17, 15) is 14.0 Å². The molecule has 2 fully saturated rings. The fourth-order valence-corrected chi connectivity index (χ4v) is 3.36. The second kappa shape index (κ2) is 6.79. The fourth-order valence-electron chi connectivity index (χ4n) is 3.36. The summed E-state index contributed by atoms with van der Waals surface area (Å²) in [6, 6.07) is 4.87. The Labute approximate surface area is 140 Å². The van der Waals surface area contributed by atoms with Gasteiger partial charge in [0.05, 0.1) is 5.92 Å². The molecule has 2 aliphatic rings. The first kappa shape index (κ1) is 16.7. The molecule has 0 spiro atoms. The molecule has 2 N–H and O–H groups in total. The molecule has 2 amide bonds. The summed E-state index contributed by atoms with van der Waals surface area (Å²) in [6.45, 7) is 2.78. The van der Waals surface area contributed by atoms with Crippen molar-refractivity contribution in [3.05, 3.63) is 35.1 Å². The maximum absolute atomic E-state index is 14.1. The summed E-state index contributed by atoms with van der Waals surface area (Å²) in [5, 5.41) is 11.9. The van der Waals surface area contributed by atoms with E-state index in [-0.39, 0.29) is 30.9 Å². The summed E-state index contributed by atoms with van der Waals surface area (Å²) in [7, 11) is 0. The molecular weight excluding hydrogens is 311 g/mol. The van der Waals surface area contributed by atoms with Crippen LogP contribution < -0.4 is 5.32 Å². The van der Waals surface area contributed by atoms with Crippen LogP contribution in [-0.2, 0) is 11.3 Å². The van der Waals surface area contributed by atoms with Gasteiger partial charge in [-0.2, -0.15) is 0 Å². The molecule has 1 aliphatic heterocycles. The van der Waals surface area contributed by atoms with Crippen LogP contribution in [0.15, 0.2) is 18.2 Å². The number of carboxylic acid groups (broad SMARTS) is 1. The lowest BCUT2D eigenvalue weighted by atomic mass is 9.91. The smallest absolute Gasteiger partial charge is 0.317 e. The molecule has 1 saturated heterocycles. The quantitative estimate of drug-likeness (QED) is 0.889. The highest BCUT2D eigenvalue weighted by Gasteiger charge is 2.32. The van der Waals surface area contributed by atoms with Crippen LogP contribution in [0.1, 0.15) is 43.2 Å². The zero-order valence-electron chi connectivity index (χ0n) is 13.8. The van der Waals surface area contributed by atoms with Crippen molar-refractivity contribution in [1.29, 1.82) is 0 Å². The molecule has 130 valence electrons. The van der Waals surface area contributed by atoms with Crippen molar-refractivity contribution in [2.75, 3.05) is 13.1 Å².